The van der Waals surface area contributed by atoms with Crippen molar-refractivity contribution in [3.63, 3.8) is 0 Å². The van der Waals surface area contributed by atoms with Crippen molar-refractivity contribution in [3.05, 3.63) is 35.4 Å². The number of hydrogen-bond donors (Lipinski definition) is 1. The van der Waals surface area contributed by atoms with Gasteiger partial charge in [-0.3, -0.25) is 0 Å². The molecule has 1 fully saturated rings. The van der Waals surface area contributed by atoms with Gasteiger partial charge in [-0.05, 0) is 49.7 Å². The highest BCUT2D eigenvalue weighted by Gasteiger charge is 2.37. The topological polar surface area (TPSA) is 35.2 Å². The van der Waals surface area contributed by atoms with Crippen molar-refractivity contribution in [2.75, 3.05) is 6.61 Å². The Hall–Kier alpha value is -0.860. The lowest BCUT2D eigenvalue weighted by molar-refractivity contribution is -0.0648. The number of nitrogens with two attached hydrogens (primary N) is 1. The summed E-state index contributed by atoms with van der Waals surface area (Å²) >= 11 is 0. The molecule has 2 N–H and O–H groups in total. The lowest BCUT2D eigenvalue weighted by atomic mass is 9.74. The largest absolute Gasteiger partial charge is 0.373 e. The van der Waals surface area contributed by atoms with Gasteiger partial charge in [0.2, 0.25) is 0 Å². The maximum atomic E-state index is 6.67. The maximum absolute atomic E-state index is 6.67. The van der Waals surface area contributed by atoms with Gasteiger partial charge in [-0.25, -0.2) is 0 Å². The number of rotatable bonds is 7. The van der Waals surface area contributed by atoms with E-state index in [1.165, 1.54) is 30.4 Å². The van der Waals surface area contributed by atoms with E-state index in [9.17, 15) is 0 Å². The van der Waals surface area contributed by atoms with E-state index in [4.69, 9.17) is 10.5 Å². The zero-order chi connectivity index (χ0) is 14.6. The highest BCUT2D eigenvalue weighted by molar-refractivity contribution is 5.35. The molecule has 2 nitrogen and oxygen atoms in total. The van der Waals surface area contributed by atoms with Crippen LogP contribution in [-0.4, -0.2) is 12.2 Å². The predicted octanol–water partition coefficient (Wildman–Crippen LogP) is 4.55. The molecule has 112 valence electrons. The second-order valence-electron chi connectivity index (χ2n) is 5.94. The third kappa shape index (κ3) is 2.77. The Morgan fingerprint density at radius 2 is 1.85 bits per heavy atom. The van der Waals surface area contributed by atoms with Crippen LogP contribution < -0.4 is 5.73 Å². The van der Waals surface area contributed by atoms with Gasteiger partial charge < -0.3 is 10.5 Å². The van der Waals surface area contributed by atoms with Crippen LogP contribution in [0, 0.1) is 0 Å². The Labute approximate surface area is 123 Å². The normalized spacial score (nSPS) is 17.8. The van der Waals surface area contributed by atoms with Crippen molar-refractivity contribution >= 4 is 0 Å². The van der Waals surface area contributed by atoms with Crippen LogP contribution in [0.15, 0.2) is 24.3 Å². The molecule has 1 aliphatic rings. The van der Waals surface area contributed by atoms with Gasteiger partial charge in [0, 0.05) is 6.61 Å². The fourth-order valence-electron chi connectivity index (χ4n) is 3.44. The highest BCUT2D eigenvalue weighted by atomic mass is 16.5. The van der Waals surface area contributed by atoms with Crippen LogP contribution in [0.2, 0.25) is 0 Å². The van der Waals surface area contributed by atoms with Crippen LogP contribution in [0.5, 0.6) is 0 Å². The first-order chi connectivity index (χ1) is 9.68. The van der Waals surface area contributed by atoms with Crippen molar-refractivity contribution in [3.8, 4) is 0 Å². The zero-order valence-electron chi connectivity index (χ0n) is 13.2. The molecule has 1 aliphatic carbocycles. The summed E-state index contributed by atoms with van der Waals surface area (Å²) < 4.78 is 6.11. The molecule has 1 unspecified atom stereocenters. The third-order valence-corrected chi connectivity index (χ3v) is 5.07. The first kappa shape index (κ1) is 15.5. The summed E-state index contributed by atoms with van der Waals surface area (Å²) in [5, 5.41) is 0. The molecule has 0 aromatic heterocycles. The summed E-state index contributed by atoms with van der Waals surface area (Å²) in [5.41, 5.74) is 9.20. The molecule has 20 heavy (non-hydrogen) atoms. The van der Waals surface area contributed by atoms with Crippen LogP contribution in [0.4, 0.5) is 0 Å². The summed E-state index contributed by atoms with van der Waals surface area (Å²) in [6.45, 7) is 7.15. The molecule has 0 aliphatic heterocycles. The van der Waals surface area contributed by atoms with E-state index in [0.717, 1.165) is 19.4 Å². The monoisotopic (exact) mass is 275 g/mol. The minimum absolute atomic E-state index is 0.0331. The molecule has 2 heteroatoms. The fraction of sp³-hybridized carbons (Fsp3) is 0.667. The summed E-state index contributed by atoms with van der Waals surface area (Å²) in [6.07, 6.45) is 5.88. The fourth-order valence-corrected chi connectivity index (χ4v) is 3.44. The van der Waals surface area contributed by atoms with Gasteiger partial charge in [0.1, 0.15) is 0 Å². The van der Waals surface area contributed by atoms with Crippen molar-refractivity contribution in [1.29, 1.82) is 0 Å². The first-order valence-corrected chi connectivity index (χ1v) is 8.16. The standard InChI is InChI=1S/C18H29NO/c1-4-18(5-2,20-6-3)17(19)16-13-8-7-12-15(16)14-10-9-11-14/h7-8,12-14,17H,4-6,9-11,19H2,1-3H3. The number of benzene rings is 1. The van der Waals surface area contributed by atoms with Gasteiger partial charge >= 0.3 is 0 Å². The van der Waals surface area contributed by atoms with E-state index in [1.54, 1.807) is 0 Å². The Morgan fingerprint density at radius 3 is 2.35 bits per heavy atom. The van der Waals surface area contributed by atoms with Gasteiger partial charge in [0.05, 0.1) is 11.6 Å². The summed E-state index contributed by atoms with van der Waals surface area (Å²) in [5.74, 6) is 0.713. The molecule has 0 bridgehead atoms. The molecule has 0 amide bonds. The maximum Gasteiger partial charge on any atom is 0.0868 e. The van der Waals surface area contributed by atoms with Crippen LogP contribution in [-0.2, 0) is 4.74 Å². The first-order valence-electron chi connectivity index (χ1n) is 8.16. The van der Waals surface area contributed by atoms with E-state index in [-0.39, 0.29) is 11.6 Å². The highest BCUT2D eigenvalue weighted by Crippen LogP contribution is 2.42. The zero-order valence-corrected chi connectivity index (χ0v) is 13.2. The van der Waals surface area contributed by atoms with Crippen LogP contribution in [0.1, 0.15) is 76.0 Å². The molecule has 0 spiro atoms. The Morgan fingerprint density at radius 1 is 1.20 bits per heavy atom. The average Bonchev–Trinajstić information content (AvgIpc) is 2.43. The third-order valence-electron chi connectivity index (χ3n) is 5.07. The smallest absolute Gasteiger partial charge is 0.0868 e. The van der Waals surface area contributed by atoms with E-state index in [2.05, 4.69) is 45.0 Å². The van der Waals surface area contributed by atoms with Gasteiger partial charge in [-0.1, -0.05) is 44.5 Å². The predicted molar refractivity (Wildman–Crippen MR) is 84.9 cm³/mol. The van der Waals surface area contributed by atoms with Crippen molar-refractivity contribution in [2.45, 2.75) is 70.4 Å². The van der Waals surface area contributed by atoms with E-state index < -0.39 is 0 Å². The van der Waals surface area contributed by atoms with Gasteiger partial charge in [-0.2, -0.15) is 0 Å². The molecule has 1 atom stereocenters. The Kier molecular flexibility index (Phi) is 5.22. The molecule has 0 heterocycles. The van der Waals surface area contributed by atoms with Crippen LogP contribution in [0.3, 0.4) is 0 Å². The lowest BCUT2D eigenvalue weighted by Crippen LogP contribution is -2.43. The summed E-state index contributed by atoms with van der Waals surface area (Å²) in [7, 11) is 0. The molecule has 1 aromatic carbocycles. The van der Waals surface area contributed by atoms with Gasteiger partial charge in [0.15, 0.2) is 0 Å². The van der Waals surface area contributed by atoms with E-state index in [1.807, 2.05) is 0 Å². The second kappa shape index (κ2) is 6.73. The van der Waals surface area contributed by atoms with E-state index in [0.29, 0.717) is 5.92 Å². The van der Waals surface area contributed by atoms with Crippen LogP contribution in [0.25, 0.3) is 0 Å². The lowest BCUT2D eigenvalue weighted by Gasteiger charge is -2.39. The molecule has 0 radical (unpaired) electrons. The van der Waals surface area contributed by atoms with Crippen LogP contribution >= 0.6 is 0 Å². The molecular formula is C18H29NO. The van der Waals surface area contributed by atoms with Crippen molar-refractivity contribution < 1.29 is 4.74 Å². The van der Waals surface area contributed by atoms with Crippen molar-refractivity contribution in [2.24, 2.45) is 5.73 Å². The second-order valence-corrected chi connectivity index (χ2v) is 5.94. The molecule has 0 saturated heterocycles. The van der Waals surface area contributed by atoms with Crippen molar-refractivity contribution in [1.82, 2.24) is 0 Å². The summed E-state index contributed by atoms with van der Waals surface area (Å²) in [4.78, 5) is 0. The summed E-state index contributed by atoms with van der Waals surface area (Å²) in [6, 6.07) is 8.69. The molecular weight excluding hydrogens is 246 g/mol. The molecule has 1 saturated carbocycles. The quantitative estimate of drug-likeness (QED) is 0.792. The Balaban J connectivity index is 2.33. The molecule has 1 aromatic rings. The number of ether oxygens (including phenoxy) is 1. The molecule has 2 rings (SSSR count). The SMILES string of the molecule is CCOC(CC)(CC)C(N)c1ccccc1C1CCC1. The van der Waals surface area contributed by atoms with E-state index >= 15 is 0 Å². The van der Waals surface area contributed by atoms with Gasteiger partial charge in [0.25, 0.3) is 0 Å². The number of hydrogen-bond acceptors (Lipinski definition) is 2. The van der Waals surface area contributed by atoms with Gasteiger partial charge in [-0.15, -0.1) is 0 Å². The minimum atomic E-state index is -0.228. The minimum Gasteiger partial charge on any atom is -0.373 e. The Bertz CT molecular complexity index is 421. The average molecular weight is 275 g/mol.